The van der Waals surface area contributed by atoms with Gasteiger partial charge in [-0.2, -0.15) is 5.10 Å². The van der Waals surface area contributed by atoms with Gasteiger partial charge in [0, 0.05) is 43.2 Å². The second-order valence-corrected chi connectivity index (χ2v) is 7.90. The van der Waals surface area contributed by atoms with Gasteiger partial charge in [0.2, 0.25) is 0 Å². The van der Waals surface area contributed by atoms with Crippen LogP contribution in [0, 0.1) is 0 Å². The molecule has 0 aliphatic carbocycles. The molecular formula is C24H29N7O2. The predicted molar refractivity (Wildman–Crippen MR) is 129 cm³/mol. The molecule has 9 nitrogen and oxygen atoms in total. The first-order valence-electron chi connectivity index (χ1n) is 10.9. The zero-order chi connectivity index (χ0) is 23.5. The van der Waals surface area contributed by atoms with Crippen LogP contribution in [0.4, 0.5) is 0 Å². The molecular weight excluding hydrogens is 418 g/mol. The largest absolute Gasteiger partial charge is 0.507 e. The number of rotatable bonds is 10. The summed E-state index contributed by atoms with van der Waals surface area (Å²) in [5.74, 6) is -0.0398. The minimum absolute atomic E-state index is 0.148. The van der Waals surface area contributed by atoms with E-state index in [1.807, 2.05) is 24.3 Å². The van der Waals surface area contributed by atoms with Crippen LogP contribution in [0.2, 0.25) is 0 Å². The lowest BCUT2D eigenvalue weighted by Crippen LogP contribution is -2.48. The molecule has 1 aliphatic rings. The Hall–Kier alpha value is -3.65. The van der Waals surface area contributed by atoms with Crippen LogP contribution in [0.1, 0.15) is 22.3 Å². The van der Waals surface area contributed by atoms with Crippen molar-refractivity contribution in [2.24, 2.45) is 10.2 Å². The Morgan fingerprint density at radius 2 is 1.88 bits per heavy atom. The zero-order valence-corrected chi connectivity index (χ0v) is 18.6. The summed E-state index contributed by atoms with van der Waals surface area (Å²) >= 11 is 0. The number of nitrogens with zero attached hydrogens (tertiary/aromatic N) is 6. The molecule has 2 aromatic rings. The SMILES string of the molecule is C=CCc1cccc(/C=N/NC(=O)CN2CCN(Cc3cccc(CN=[N+]=[N-])c3)CC2)c1O. The van der Waals surface area contributed by atoms with Gasteiger partial charge in [-0.15, -0.1) is 6.58 Å². The lowest BCUT2D eigenvalue weighted by molar-refractivity contribution is -0.122. The van der Waals surface area contributed by atoms with Gasteiger partial charge in [-0.1, -0.05) is 47.6 Å². The topological polar surface area (TPSA) is 117 Å². The number of hydrazone groups is 1. The van der Waals surface area contributed by atoms with Crippen molar-refractivity contribution in [3.8, 4) is 5.75 Å². The van der Waals surface area contributed by atoms with Crippen LogP contribution in [0.5, 0.6) is 5.75 Å². The highest BCUT2D eigenvalue weighted by molar-refractivity contribution is 5.86. The van der Waals surface area contributed by atoms with Crippen molar-refractivity contribution in [3.05, 3.63) is 87.8 Å². The first-order chi connectivity index (χ1) is 16.1. The molecule has 0 unspecified atom stereocenters. The van der Waals surface area contributed by atoms with E-state index in [4.69, 9.17) is 5.53 Å². The number of piperazine rings is 1. The number of para-hydroxylation sites is 1. The first-order valence-corrected chi connectivity index (χ1v) is 10.9. The summed E-state index contributed by atoms with van der Waals surface area (Å²) in [4.78, 5) is 19.5. The Kier molecular flexibility index (Phi) is 9.02. The van der Waals surface area contributed by atoms with Crippen LogP contribution in [0.3, 0.4) is 0 Å². The van der Waals surface area contributed by atoms with Gasteiger partial charge in [0.15, 0.2) is 0 Å². The van der Waals surface area contributed by atoms with E-state index in [1.165, 1.54) is 11.8 Å². The van der Waals surface area contributed by atoms with Gasteiger partial charge in [0.25, 0.3) is 5.91 Å². The number of carbonyl (C=O) groups is 1. The van der Waals surface area contributed by atoms with Gasteiger partial charge in [-0.3, -0.25) is 14.6 Å². The molecule has 0 bridgehead atoms. The number of azide groups is 1. The Balaban J connectivity index is 1.42. The fourth-order valence-electron chi connectivity index (χ4n) is 3.75. The van der Waals surface area contributed by atoms with Crippen LogP contribution in [-0.2, 0) is 24.3 Å². The number of benzene rings is 2. The minimum Gasteiger partial charge on any atom is -0.507 e. The summed E-state index contributed by atoms with van der Waals surface area (Å²) in [6.45, 7) is 8.44. The number of phenols is 1. The molecule has 0 radical (unpaired) electrons. The predicted octanol–water partition coefficient (Wildman–Crippen LogP) is 3.20. The molecule has 1 amide bonds. The highest BCUT2D eigenvalue weighted by Gasteiger charge is 2.19. The highest BCUT2D eigenvalue weighted by atomic mass is 16.3. The third-order valence-electron chi connectivity index (χ3n) is 5.45. The Morgan fingerprint density at radius 3 is 2.64 bits per heavy atom. The van der Waals surface area contributed by atoms with Crippen molar-refractivity contribution in [2.45, 2.75) is 19.5 Å². The maximum absolute atomic E-state index is 12.3. The molecule has 1 saturated heterocycles. The van der Waals surface area contributed by atoms with Crippen LogP contribution in [-0.4, -0.2) is 59.8 Å². The second-order valence-electron chi connectivity index (χ2n) is 7.90. The number of aromatic hydroxyl groups is 1. The number of nitrogens with one attached hydrogen (secondary N) is 1. The van der Waals surface area contributed by atoms with Gasteiger partial charge in [-0.25, -0.2) is 5.43 Å². The van der Waals surface area contributed by atoms with E-state index in [-0.39, 0.29) is 18.2 Å². The van der Waals surface area contributed by atoms with Crippen LogP contribution in [0.15, 0.2) is 65.3 Å². The molecule has 2 aromatic carbocycles. The first kappa shape index (κ1) is 24.0. The van der Waals surface area contributed by atoms with E-state index in [0.29, 0.717) is 18.5 Å². The molecule has 0 atom stereocenters. The zero-order valence-electron chi connectivity index (χ0n) is 18.6. The van der Waals surface area contributed by atoms with E-state index < -0.39 is 0 Å². The standard InChI is InChI=1S/C24H29N7O2/c1-2-5-21-8-4-9-22(24(21)33)16-26-28-23(32)18-31-12-10-30(11-13-31)17-20-7-3-6-19(14-20)15-27-29-25/h2-4,6-9,14,16,33H,1,5,10-13,15,17-18H2,(H,28,32)/b26-16+. The number of allylic oxidation sites excluding steroid dienone is 1. The monoisotopic (exact) mass is 447 g/mol. The Labute approximate surface area is 193 Å². The van der Waals surface area contributed by atoms with E-state index in [0.717, 1.165) is 43.9 Å². The molecule has 0 aromatic heterocycles. The van der Waals surface area contributed by atoms with E-state index in [2.05, 4.69) is 49.1 Å². The summed E-state index contributed by atoms with van der Waals surface area (Å²) in [6, 6.07) is 13.5. The average molecular weight is 448 g/mol. The summed E-state index contributed by atoms with van der Waals surface area (Å²) in [6.07, 6.45) is 3.74. The van der Waals surface area contributed by atoms with Crippen molar-refractivity contribution in [3.63, 3.8) is 0 Å². The maximum atomic E-state index is 12.3. The van der Waals surface area contributed by atoms with Gasteiger partial charge < -0.3 is 5.11 Å². The van der Waals surface area contributed by atoms with Crippen LogP contribution in [0.25, 0.3) is 10.4 Å². The smallest absolute Gasteiger partial charge is 0.254 e. The molecule has 3 rings (SSSR count). The van der Waals surface area contributed by atoms with E-state index >= 15 is 0 Å². The fraction of sp³-hybridized carbons (Fsp3) is 0.333. The molecule has 0 spiro atoms. The number of hydrogen-bond donors (Lipinski definition) is 2. The normalized spacial score (nSPS) is 14.7. The lowest BCUT2D eigenvalue weighted by Gasteiger charge is -2.34. The van der Waals surface area contributed by atoms with Crippen molar-refractivity contribution >= 4 is 12.1 Å². The van der Waals surface area contributed by atoms with Gasteiger partial charge >= 0.3 is 0 Å². The molecule has 1 heterocycles. The number of phenolic OH excluding ortho intramolecular Hbond substituents is 1. The Morgan fingerprint density at radius 1 is 1.15 bits per heavy atom. The van der Waals surface area contributed by atoms with Crippen LogP contribution >= 0.6 is 0 Å². The van der Waals surface area contributed by atoms with E-state index in [1.54, 1.807) is 12.1 Å². The molecule has 0 saturated carbocycles. The van der Waals surface area contributed by atoms with Crippen molar-refractivity contribution in [1.82, 2.24) is 15.2 Å². The molecule has 9 heteroatoms. The summed E-state index contributed by atoms with van der Waals surface area (Å²) in [5, 5.41) is 17.9. The average Bonchev–Trinajstić information content (AvgIpc) is 2.82. The van der Waals surface area contributed by atoms with Crippen molar-refractivity contribution < 1.29 is 9.90 Å². The lowest BCUT2D eigenvalue weighted by atomic mass is 10.1. The van der Waals surface area contributed by atoms with Gasteiger partial charge in [0.05, 0.1) is 19.3 Å². The molecule has 172 valence electrons. The highest BCUT2D eigenvalue weighted by Crippen LogP contribution is 2.21. The number of carbonyl (C=O) groups excluding carboxylic acids is 1. The second kappa shape index (κ2) is 12.4. The summed E-state index contributed by atoms with van der Waals surface area (Å²) < 4.78 is 0. The third kappa shape index (κ3) is 7.47. The summed E-state index contributed by atoms with van der Waals surface area (Å²) in [5.41, 5.74) is 14.5. The van der Waals surface area contributed by atoms with Gasteiger partial charge in [0.1, 0.15) is 5.75 Å². The maximum Gasteiger partial charge on any atom is 0.254 e. The number of hydrogen-bond acceptors (Lipinski definition) is 6. The quantitative estimate of drug-likeness (QED) is 0.145. The summed E-state index contributed by atoms with van der Waals surface area (Å²) in [7, 11) is 0. The molecule has 1 aliphatic heterocycles. The molecule has 2 N–H and O–H groups in total. The molecule has 33 heavy (non-hydrogen) atoms. The minimum atomic E-state index is -0.188. The molecule has 1 fully saturated rings. The van der Waals surface area contributed by atoms with Crippen molar-refractivity contribution in [2.75, 3.05) is 32.7 Å². The number of amides is 1. The van der Waals surface area contributed by atoms with Gasteiger partial charge in [-0.05, 0) is 34.7 Å². The Bertz CT molecular complexity index is 1040. The fourth-order valence-corrected chi connectivity index (χ4v) is 3.75. The third-order valence-corrected chi connectivity index (χ3v) is 5.45. The van der Waals surface area contributed by atoms with Crippen molar-refractivity contribution in [1.29, 1.82) is 0 Å². The van der Waals surface area contributed by atoms with E-state index in [9.17, 15) is 9.90 Å². The van der Waals surface area contributed by atoms with Crippen LogP contribution < -0.4 is 5.43 Å².